The molecule has 2 heteroatoms. The van der Waals surface area contributed by atoms with E-state index in [0.29, 0.717) is 6.61 Å². The third-order valence-electron chi connectivity index (χ3n) is 2.51. The van der Waals surface area contributed by atoms with Gasteiger partial charge in [-0.3, -0.25) is 0 Å². The van der Waals surface area contributed by atoms with E-state index in [-0.39, 0.29) is 0 Å². The maximum Gasteiger partial charge on any atom is 0.0713 e. The van der Waals surface area contributed by atoms with Crippen molar-refractivity contribution in [3.63, 3.8) is 0 Å². The second-order valence-electron chi connectivity index (χ2n) is 4.35. The molecule has 0 bridgehead atoms. The third-order valence-corrected chi connectivity index (χ3v) is 2.51. The lowest BCUT2D eigenvalue weighted by Gasteiger charge is -2.05. The Labute approximate surface area is 105 Å². The van der Waals surface area contributed by atoms with E-state index in [1.807, 2.05) is 0 Å². The molecule has 0 amide bonds. The predicted octanol–water partition coefficient (Wildman–Crippen LogP) is 3.24. The monoisotopic (exact) mass is 233 g/mol. The smallest absolute Gasteiger partial charge is 0.0713 e. The van der Waals surface area contributed by atoms with E-state index in [0.717, 1.165) is 13.1 Å². The van der Waals surface area contributed by atoms with E-state index in [2.05, 4.69) is 49.5 Å². The maximum absolute atomic E-state index is 5.13. The third kappa shape index (κ3) is 5.66. The van der Waals surface area contributed by atoms with Gasteiger partial charge < -0.3 is 10.1 Å². The Morgan fingerprint density at radius 1 is 1.41 bits per heavy atom. The fraction of sp³-hybridized carbons (Fsp3) is 0.467. The summed E-state index contributed by atoms with van der Waals surface area (Å²) in [7, 11) is 1.72. The molecule has 0 aliphatic heterocycles. The van der Waals surface area contributed by atoms with Gasteiger partial charge >= 0.3 is 0 Å². The molecule has 0 aliphatic rings. The highest BCUT2D eigenvalue weighted by atomic mass is 16.5. The Bertz CT molecular complexity index is 358. The molecule has 1 rings (SSSR count). The van der Waals surface area contributed by atoms with Gasteiger partial charge in [0.1, 0.15) is 0 Å². The van der Waals surface area contributed by atoms with E-state index < -0.39 is 0 Å². The van der Waals surface area contributed by atoms with Crippen LogP contribution in [0.5, 0.6) is 0 Å². The number of hydrogen-bond donors (Lipinski definition) is 1. The van der Waals surface area contributed by atoms with Crippen molar-refractivity contribution < 1.29 is 4.74 Å². The summed E-state index contributed by atoms with van der Waals surface area (Å²) < 4.78 is 5.13. The van der Waals surface area contributed by atoms with Crippen LogP contribution in [0.3, 0.4) is 0 Å². The number of rotatable bonds is 7. The topological polar surface area (TPSA) is 21.3 Å². The number of ether oxygens (including phenoxy) is 1. The van der Waals surface area contributed by atoms with Gasteiger partial charge in [0, 0.05) is 13.7 Å². The SMILES string of the molecule is CCCNCC(C)=Cc1cccc(COC)c1. The molecule has 17 heavy (non-hydrogen) atoms. The zero-order valence-electron chi connectivity index (χ0n) is 11.1. The van der Waals surface area contributed by atoms with Gasteiger partial charge in [0.15, 0.2) is 0 Å². The molecular weight excluding hydrogens is 210 g/mol. The van der Waals surface area contributed by atoms with Gasteiger partial charge in [-0.25, -0.2) is 0 Å². The zero-order chi connectivity index (χ0) is 12.5. The zero-order valence-corrected chi connectivity index (χ0v) is 11.1. The minimum absolute atomic E-state index is 0.675. The first kappa shape index (κ1) is 13.9. The molecule has 1 N–H and O–H groups in total. The van der Waals surface area contributed by atoms with E-state index in [1.165, 1.54) is 23.1 Å². The average Bonchev–Trinajstić information content (AvgIpc) is 2.30. The Hall–Kier alpha value is -1.12. The first-order valence-electron chi connectivity index (χ1n) is 6.22. The van der Waals surface area contributed by atoms with Crippen molar-refractivity contribution in [3.8, 4) is 0 Å². The van der Waals surface area contributed by atoms with Crippen LogP contribution in [0.2, 0.25) is 0 Å². The minimum atomic E-state index is 0.675. The molecule has 0 aromatic heterocycles. The molecule has 0 radical (unpaired) electrons. The molecule has 1 aromatic carbocycles. The number of nitrogens with one attached hydrogen (secondary N) is 1. The molecule has 0 unspecified atom stereocenters. The lowest BCUT2D eigenvalue weighted by Crippen LogP contribution is -2.16. The normalized spacial score (nSPS) is 11.8. The van der Waals surface area contributed by atoms with Crippen molar-refractivity contribution in [2.75, 3.05) is 20.2 Å². The van der Waals surface area contributed by atoms with Crippen molar-refractivity contribution in [3.05, 3.63) is 41.0 Å². The lowest BCUT2D eigenvalue weighted by molar-refractivity contribution is 0.185. The summed E-state index contributed by atoms with van der Waals surface area (Å²) in [4.78, 5) is 0. The second kappa shape index (κ2) is 8.04. The van der Waals surface area contributed by atoms with Gasteiger partial charge in [0.25, 0.3) is 0 Å². The van der Waals surface area contributed by atoms with E-state index in [1.54, 1.807) is 7.11 Å². The summed E-state index contributed by atoms with van der Waals surface area (Å²) in [6.45, 7) is 7.05. The molecule has 0 saturated heterocycles. The van der Waals surface area contributed by atoms with Gasteiger partial charge in [-0.1, -0.05) is 36.8 Å². The van der Waals surface area contributed by atoms with Gasteiger partial charge in [-0.05, 0) is 37.1 Å². The fourth-order valence-electron chi connectivity index (χ4n) is 1.74. The van der Waals surface area contributed by atoms with Crippen LogP contribution in [0.4, 0.5) is 0 Å². The molecule has 0 heterocycles. The van der Waals surface area contributed by atoms with Crippen molar-refractivity contribution in [1.29, 1.82) is 0 Å². The molecule has 0 atom stereocenters. The fourth-order valence-corrected chi connectivity index (χ4v) is 1.74. The number of benzene rings is 1. The Balaban J connectivity index is 2.59. The standard InChI is InChI=1S/C15H23NO/c1-4-8-16-11-13(2)9-14-6-5-7-15(10-14)12-17-3/h5-7,9-10,16H,4,8,11-12H2,1-3H3. The van der Waals surface area contributed by atoms with Crippen molar-refractivity contribution in [1.82, 2.24) is 5.32 Å². The van der Waals surface area contributed by atoms with Gasteiger partial charge in [-0.2, -0.15) is 0 Å². The molecule has 0 aliphatic carbocycles. The van der Waals surface area contributed by atoms with Crippen LogP contribution in [0.25, 0.3) is 6.08 Å². The Kier molecular flexibility index (Phi) is 6.60. The maximum atomic E-state index is 5.13. The van der Waals surface area contributed by atoms with Crippen LogP contribution in [-0.4, -0.2) is 20.2 Å². The van der Waals surface area contributed by atoms with Crippen molar-refractivity contribution >= 4 is 6.08 Å². The molecule has 0 saturated carbocycles. The van der Waals surface area contributed by atoms with E-state index in [4.69, 9.17) is 4.74 Å². The van der Waals surface area contributed by atoms with Gasteiger partial charge in [0.05, 0.1) is 6.61 Å². The lowest BCUT2D eigenvalue weighted by atomic mass is 10.1. The van der Waals surface area contributed by atoms with Crippen LogP contribution in [0, 0.1) is 0 Å². The second-order valence-corrected chi connectivity index (χ2v) is 4.35. The first-order chi connectivity index (χ1) is 8.26. The summed E-state index contributed by atoms with van der Waals surface area (Å²) in [6, 6.07) is 8.47. The number of methoxy groups -OCH3 is 1. The molecule has 0 spiro atoms. The minimum Gasteiger partial charge on any atom is -0.380 e. The summed E-state index contributed by atoms with van der Waals surface area (Å²) in [5.41, 5.74) is 3.82. The number of hydrogen-bond acceptors (Lipinski definition) is 2. The summed E-state index contributed by atoms with van der Waals surface area (Å²) >= 11 is 0. The van der Waals surface area contributed by atoms with Crippen molar-refractivity contribution in [2.24, 2.45) is 0 Å². The largest absolute Gasteiger partial charge is 0.380 e. The van der Waals surface area contributed by atoms with Crippen LogP contribution >= 0.6 is 0 Å². The molecule has 94 valence electrons. The van der Waals surface area contributed by atoms with Crippen molar-refractivity contribution in [2.45, 2.75) is 26.9 Å². The van der Waals surface area contributed by atoms with E-state index >= 15 is 0 Å². The van der Waals surface area contributed by atoms with E-state index in [9.17, 15) is 0 Å². The summed E-state index contributed by atoms with van der Waals surface area (Å²) in [5, 5.41) is 3.40. The quantitative estimate of drug-likeness (QED) is 0.730. The molecule has 2 nitrogen and oxygen atoms in total. The Morgan fingerprint density at radius 3 is 2.94 bits per heavy atom. The van der Waals surface area contributed by atoms with Crippen LogP contribution in [0.15, 0.2) is 29.8 Å². The highest BCUT2D eigenvalue weighted by Gasteiger charge is 1.95. The van der Waals surface area contributed by atoms with Crippen LogP contribution in [-0.2, 0) is 11.3 Å². The summed E-state index contributed by atoms with van der Waals surface area (Å²) in [6.07, 6.45) is 3.40. The molecule has 0 fully saturated rings. The predicted molar refractivity (Wildman–Crippen MR) is 74.0 cm³/mol. The van der Waals surface area contributed by atoms with Crippen LogP contribution < -0.4 is 5.32 Å². The van der Waals surface area contributed by atoms with Gasteiger partial charge in [0.2, 0.25) is 0 Å². The molecule has 1 aromatic rings. The Morgan fingerprint density at radius 2 is 2.24 bits per heavy atom. The highest BCUT2D eigenvalue weighted by molar-refractivity contribution is 5.53. The highest BCUT2D eigenvalue weighted by Crippen LogP contribution is 2.10. The summed E-state index contributed by atoms with van der Waals surface area (Å²) in [5.74, 6) is 0. The first-order valence-corrected chi connectivity index (χ1v) is 6.22. The van der Waals surface area contributed by atoms with Gasteiger partial charge in [-0.15, -0.1) is 0 Å². The van der Waals surface area contributed by atoms with Crippen LogP contribution in [0.1, 0.15) is 31.4 Å². The molecular formula is C15H23NO. The average molecular weight is 233 g/mol.